The highest BCUT2D eigenvalue weighted by molar-refractivity contribution is 6.12. The second kappa shape index (κ2) is 3.74. The number of nitrogens with zero attached hydrogens (tertiary/aromatic N) is 1. The van der Waals surface area contributed by atoms with E-state index in [2.05, 4.69) is 4.98 Å². The van der Waals surface area contributed by atoms with Gasteiger partial charge in [0.2, 0.25) is 0 Å². The van der Waals surface area contributed by atoms with Gasteiger partial charge in [-0.15, -0.1) is 0 Å². The molecule has 0 aliphatic rings. The summed E-state index contributed by atoms with van der Waals surface area (Å²) in [5.74, 6) is -0.735. The molecule has 16 heavy (non-hydrogen) atoms. The molecule has 6 heteroatoms. The van der Waals surface area contributed by atoms with Gasteiger partial charge in [0, 0.05) is 5.39 Å². The molecule has 0 fully saturated rings. The number of benzene rings is 1. The molecule has 0 unspecified atom stereocenters. The summed E-state index contributed by atoms with van der Waals surface area (Å²) in [6.45, 7) is -0.247. The van der Waals surface area contributed by atoms with Gasteiger partial charge in [-0.2, -0.15) is 0 Å². The Labute approximate surface area is 90.2 Å². The van der Waals surface area contributed by atoms with Crippen molar-refractivity contribution in [3.8, 4) is 0 Å². The van der Waals surface area contributed by atoms with Gasteiger partial charge in [0.1, 0.15) is 11.1 Å². The van der Waals surface area contributed by atoms with Crippen LogP contribution in [0.5, 0.6) is 0 Å². The van der Waals surface area contributed by atoms with Crippen molar-refractivity contribution in [1.82, 2.24) is 4.98 Å². The zero-order valence-corrected chi connectivity index (χ0v) is 8.27. The number of fused-ring (bicyclic) bond motifs is 1. The minimum Gasteiger partial charge on any atom is -0.358 e. The van der Waals surface area contributed by atoms with Gasteiger partial charge in [0.15, 0.2) is 5.78 Å². The van der Waals surface area contributed by atoms with Gasteiger partial charge in [0.25, 0.3) is 0 Å². The lowest BCUT2D eigenvalue weighted by molar-refractivity contribution is -0.389. The predicted octanol–water partition coefficient (Wildman–Crippen LogP) is 1.22. The monoisotopic (exact) mass is 219 g/mol. The number of para-hydroxylation sites is 1. The van der Waals surface area contributed by atoms with Crippen molar-refractivity contribution < 1.29 is 9.72 Å². The zero-order chi connectivity index (χ0) is 11.7. The van der Waals surface area contributed by atoms with Crippen molar-refractivity contribution in [2.24, 2.45) is 5.73 Å². The maximum absolute atomic E-state index is 11.6. The molecule has 6 nitrogen and oxygen atoms in total. The molecule has 0 radical (unpaired) electrons. The third-order valence-electron chi connectivity index (χ3n) is 2.33. The number of nitro groups is 1. The van der Waals surface area contributed by atoms with Crippen LogP contribution in [0.1, 0.15) is 10.4 Å². The molecule has 0 bridgehead atoms. The standard InChI is InChI=1S/C10H9N3O3/c11-5-8(14)9-6-3-1-2-4-7(6)12-10(9)13(15)16/h1-4,12H,5,11H2. The highest BCUT2D eigenvalue weighted by Gasteiger charge is 2.24. The lowest BCUT2D eigenvalue weighted by Gasteiger charge is -1.96. The van der Waals surface area contributed by atoms with E-state index in [9.17, 15) is 14.9 Å². The average molecular weight is 219 g/mol. The molecule has 0 saturated heterocycles. The first-order valence-corrected chi connectivity index (χ1v) is 4.63. The van der Waals surface area contributed by atoms with Gasteiger partial charge >= 0.3 is 5.82 Å². The zero-order valence-electron chi connectivity index (χ0n) is 8.27. The maximum Gasteiger partial charge on any atom is 0.332 e. The number of rotatable bonds is 3. The Balaban J connectivity index is 2.79. The summed E-state index contributed by atoms with van der Waals surface area (Å²) in [7, 11) is 0. The molecule has 0 spiro atoms. The summed E-state index contributed by atoms with van der Waals surface area (Å²) in [5.41, 5.74) is 5.86. The van der Waals surface area contributed by atoms with Crippen molar-refractivity contribution in [2.45, 2.75) is 0 Å². The van der Waals surface area contributed by atoms with Crippen molar-refractivity contribution in [1.29, 1.82) is 0 Å². The Morgan fingerprint density at radius 2 is 2.12 bits per heavy atom. The number of carbonyl (C=O) groups excluding carboxylic acids is 1. The minimum atomic E-state index is -0.608. The first-order chi connectivity index (χ1) is 7.65. The number of H-pyrrole nitrogens is 1. The molecule has 0 amide bonds. The van der Waals surface area contributed by atoms with Crippen molar-refractivity contribution >= 4 is 22.5 Å². The number of aromatic nitrogens is 1. The lowest BCUT2D eigenvalue weighted by Crippen LogP contribution is -2.14. The first-order valence-electron chi connectivity index (χ1n) is 4.63. The Kier molecular flexibility index (Phi) is 2.41. The van der Waals surface area contributed by atoms with Crippen LogP contribution in [0.2, 0.25) is 0 Å². The predicted molar refractivity (Wildman–Crippen MR) is 58.3 cm³/mol. The van der Waals surface area contributed by atoms with Crippen LogP contribution in [-0.4, -0.2) is 22.2 Å². The fourth-order valence-corrected chi connectivity index (χ4v) is 1.65. The number of aromatic amines is 1. The molecule has 3 N–H and O–H groups in total. The van der Waals surface area contributed by atoms with Crippen LogP contribution in [-0.2, 0) is 0 Å². The summed E-state index contributed by atoms with van der Waals surface area (Å²) >= 11 is 0. The fourth-order valence-electron chi connectivity index (χ4n) is 1.65. The topological polar surface area (TPSA) is 102 Å². The van der Waals surface area contributed by atoms with E-state index in [0.717, 1.165) is 0 Å². The van der Waals surface area contributed by atoms with Crippen molar-refractivity contribution in [3.05, 3.63) is 39.9 Å². The molecule has 2 aromatic rings. The molecule has 0 atom stereocenters. The number of nitrogens with one attached hydrogen (secondary N) is 1. The summed E-state index contributed by atoms with van der Waals surface area (Å²) in [4.78, 5) is 24.4. The maximum atomic E-state index is 11.6. The number of hydrogen-bond acceptors (Lipinski definition) is 4. The molecular formula is C10H9N3O3. The molecule has 2 rings (SSSR count). The second-order valence-electron chi connectivity index (χ2n) is 3.28. The second-order valence-corrected chi connectivity index (χ2v) is 3.28. The van der Waals surface area contributed by atoms with E-state index >= 15 is 0 Å². The van der Waals surface area contributed by atoms with E-state index in [-0.39, 0.29) is 17.9 Å². The van der Waals surface area contributed by atoms with Crippen LogP contribution < -0.4 is 5.73 Å². The first kappa shape index (κ1) is 10.3. The number of nitrogens with two attached hydrogens (primary N) is 1. The van der Waals surface area contributed by atoms with E-state index in [4.69, 9.17) is 5.73 Å². The summed E-state index contributed by atoms with van der Waals surface area (Å²) in [6, 6.07) is 6.78. The molecule has 1 heterocycles. The van der Waals surface area contributed by atoms with Crippen LogP contribution in [0.3, 0.4) is 0 Å². The summed E-state index contributed by atoms with van der Waals surface area (Å²) < 4.78 is 0. The summed E-state index contributed by atoms with van der Waals surface area (Å²) in [6.07, 6.45) is 0. The van der Waals surface area contributed by atoms with Gasteiger partial charge in [-0.1, -0.05) is 12.1 Å². The Morgan fingerprint density at radius 3 is 2.75 bits per heavy atom. The molecule has 0 aliphatic carbocycles. The van der Waals surface area contributed by atoms with Crippen LogP contribution in [0.15, 0.2) is 24.3 Å². The molecule has 82 valence electrons. The van der Waals surface area contributed by atoms with Gasteiger partial charge < -0.3 is 15.8 Å². The lowest BCUT2D eigenvalue weighted by atomic mass is 10.1. The van der Waals surface area contributed by atoms with E-state index < -0.39 is 10.7 Å². The third kappa shape index (κ3) is 1.45. The highest BCUT2D eigenvalue weighted by Crippen LogP contribution is 2.27. The van der Waals surface area contributed by atoms with Gasteiger partial charge in [-0.05, 0) is 17.1 Å². The summed E-state index contributed by atoms with van der Waals surface area (Å²) in [5, 5.41) is 11.3. The van der Waals surface area contributed by atoms with Crippen LogP contribution in [0, 0.1) is 10.1 Å². The molecule has 1 aromatic carbocycles. The Hall–Kier alpha value is -2.21. The Morgan fingerprint density at radius 1 is 1.44 bits per heavy atom. The fraction of sp³-hybridized carbons (Fsp3) is 0.100. The van der Waals surface area contributed by atoms with Crippen LogP contribution in [0.25, 0.3) is 10.9 Å². The van der Waals surface area contributed by atoms with E-state index in [1.165, 1.54) is 0 Å². The normalized spacial score (nSPS) is 10.6. The van der Waals surface area contributed by atoms with Crippen molar-refractivity contribution in [3.63, 3.8) is 0 Å². The van der Waals surface area contributed by atoms with Crippen LogP contribution in [0.4, 0.5) is 5.82 Å². The highest BCUT2D eigenvalue weighted by atomic mass is 16.6. The van der Waals surface area contributed by atoms with Gasteiger partial charge in [-0.3, -0.25) is 4.79 Å². The third-order valence-corrected chi connectivity index (χ3v) is 2.33. The quantitative estimate of drug-likeness (QED) is 0.460. The van der Waals surface area contributed by atoms with Crippen molar-refractivity contribution in [2.75, 3.05) is 6.54 Å². The molecule has 0 saturated carbocycles. The van der Waals surface area contributed by atoms with Crippen LogP contribution >= 0.6 is 0 Å². The number of carbonyl (C=O) groups is 1. The smallest absolute Gasteiger partial charge is 0.332 e. The van der Waals surface area contributed by atoms with Gasteiger partial charge in [0.05, 0.1) is 6.54 Å². The minimum absolute atomic E-state index is 0.0584. The number of hydrogen-bond donors (Lipinski definition) is 2. The van der Waals surface area contributed by atoms with E-state index in [1.807, 2.05) is 0 Å². The SMILES string of the molecule is NCC(=O)c1c([N+](=O)[O-])[nH]c2ccccc12. The van der Waals surface area contributed by atoms with Gasteiger partial charge in [-0.25, -0.2) is 4.98 Å². The molecular weight excluding hydrogens is 210 g/mol. The largest absolute Gasteiger partial charge is 0.358 e. The molecule has 0 aliphatic heterocycles. The average Bonchev–Trinajstić information content (AvgIpc) is 2.67. The number of Topliss-reactive ketones (excluding diaryl/α,β-unsaturated/α-hetero) is 1. The van der Waals surface area contributed by atoms with E-state index in [0.29, 0.717) is 10.9 Å². The Bertz CT molecular complexity index is 574. The van der Waals surface area contributed by atoms with E-state index in [1.54, 1.807) is 24.3 Å². The number of ketones is 1. The molecule has 1 aromatic heterocycles.